The molecule has 0 saturated carbocycles. The van der Waals surface area contributed by atoms with Gasteiger partial charge in [-0.25, -0.2) is 0 Å². The van der Waals surface area contributed by atoms with Crippen molar-refractivity contribution in [2.45, 2.75) is 0 Å². The van der Waals surface area contributed by atoms with E-state index in [1.807, 2.05) is 30.3 Å². The lowest BCUT2D eigenvalue weighted by molar-refractivity contribution is 1.18. The maximum Gasteiger partial charge on any atom is 0.0998 e. The minimum Gasteiger partial charge on any atom is -0.309 e. The Morgan fingerprint density at radius 1 is 0.733 bits per heavy atom. The van der Waals surface area contributed by atoms with Gasteiger partial charge >= 0.3 is 0 Å². The second kappa shape index (κ2) is 7.67. The Hall–Kier alpha value is -3.61. The van der Waals surface area contributed by atoms with Crippen LogP contribution in [0.3, 0.4) is 0 Å². The number of benzene rings is 4. The molecule has 1 heterocycles. The lowest BCUT2D eigenvalue weighted by Crippen LogP contribution is -1.93. The normalized spacial score (nSPS) is 11.7. The number of para-hydroxylation sites is 2. The Kier molecular flexibility index (Phi) is 4.71. The first-order valence-corrected chi connectivity index (χ1v) is 10.5. The third-order valence-electron chi connectivity index (χ3n) is 5.32. The van der Waals surface area contributed by atoms with Gasteiger partial charge in [-0.2, -0.15) is 5.26 Å². The molecule has 0 amide bonds. The Morgan fingerprint density at radius 2 is 1.30 bits per heavy atom. The third-order valence-corrected chi connectivity index (χ3v) is 5.85. The summed E-state index contributed by atoms with van der Waals surface area (Å²) in [4.78, 5) is 0. The number of aromatic nitrogens is 1. The predicted octanol–water partition coefficient (Wildman–Crippen LogP) is 7.61. The lowest BCUT2D eigenvalue weighted by Gasteiger charge is -2.08. The van der Waals surface area contributed by atoms with Crippen LogP contribution in [0, 0.1) is 11.3 Å². The number of rotatable bonds is 3. The van der Waals surface area contributed by atoms with E-state index >= 15 is 0 Å². The minimum atomic E-state index is 0.645. The van der Waals surface area contributed by atoms with Crippen LogP contribution in [0.5, 0.6) is 0 Å². The topological polar surface area (TPSA) is 28.7 Å². The van der Waals surface area contributed by atoms with Gasteiger partial charge in [0.15, 0.2) is 0 Å². The summed E-state index contributed by atoms with van der Waals surface area (Å²) in [7, 11) is 0. The maximum atomic E-state index is 9.62. The van der Waals surface area contributed by atoms with Gasteiger partial charge in [-0.05, 0) is 53.6 Å². The molecule has 30 heavy (non-hydrogen) atoms. The van der Waals surface area contributed by atoms with Crippen molar-refractivity contribution in [3.63, 3.8) is 0 Å². The van der Waals surface area contributed by atoms with Crippen LogP contribution in [0.2, 0.25) is 0 Å². The van der Waals surface area contributed by atoms with Crippen LogP contribution in [0.25, 0.3) is 39.1 Å². The van der Waals surface area contributed by atoms with Gasteiger partial charge in [-0.1, -0.05) is 76.6 Å². The standard InChI is InChI=1S/C27H17BrN2/c28-22-13-11-20(12-14-22)21(18-29)17-19-9-15-23(16-10-19)30-26-7-3-1-5-24(26)25-6-2-4-8-27(25)30/h1-17H/b21-17+. The molecule has 0 radical (unpaired) electrons. The fourth-order valence-corrected chi connectivity index (χ4v) is 4.16. The zero-order valence-electron chi connectivity index (χ0n) is 16.1. The van der Waals surface area contributed by atoms with Crippen molar-refractivity contribution in [1.29, 1.82) is 5.26 Å². The molecule has 0 aliphatic heterocycles. The molecule has 5 rings (SSSR count). The first-order valence-electron chi connectivity index (χ1n) is 9.71. The van der Waals surface area contributed by atoms with Crippen LogP contribution < -0.4 is 0 Å². The molecule has 5 aromatic rings. The molecule has 0 spiro atoms. The lowest BCUT2D eigenvalue weighted by atomic mass is 10.0. The second-order valence-electron chi connectivity index (χ2n) is 7.14. The zero-order chi connectivity index (χ0) is 20.5. The molecule has 0 N–H and O–H groups in total. The van der Waals surface area contributed by atoms with E-state index in [0.717, 1.165) is 21.3 Å². The fourth-order valence-electron chi connectivity index (χ4n) is 3.90. The van der Waals surface area contributed by atoms with Crippen molar-refractivity contribution in [3.8, 4) is 11.8 Å². The molecule has 0 aliphatic carbocycles. The number of fused-ring (bicyclic) bond motifs is 3. The molecule has 1 aromatic heterocycles. The van der Waals surface area contributed by atoms with Gasteiger partial charge in [0.25, 0.3) is 0 Å². The summed E-state index contributed by atoms with van der Waals surface area (Å²) in [5, 5.41) is 12.1. The van der Waals surface area contributed by atoms with Gasteiger partial charge in [-0.3, -0.25) is 0 Å². The smallest absolute Gasteiger partial charge is 0.0998 e. The van der Waals surface area contributed by atoms with Crippen molar-refractivity contribution in [3.05, 3.63) is 113 Å². The molecule has 0 aliphatic rings. The number of nitrogens with zero attached hydrogens (tertiary/aromatic N) is 2. The predicted molar refractivity (Wildman–Crippen MR) is 128 cm³/mol. The van der Waals surface area contributed by atoms with Gasteiger partial charge < -0.3 is 4.57 Å². The highest BCUT2D eigenvalue weighted by Crippen LogP contribution is 2.32. The molecule has 0 bridgehead atoms. The van der Waals surface area contributed by atoms with Gasteiger partial charge in [0.05, 0.1) is 22.7 Å². The van der Waals surface area contributed by atoms with Gasteiger partial charge in [-0.15, -0.1) is 0 Å². The zero-order valence-corrected chi connectivity index (χ0v) is 17.7. The molecule has 0 atom stereocenters. The number of hydrogen-bond donors (Lipinski definition) is 0. The van der Waals surface area contributed by atoms with Crippen LogP contribution >= 0.6 is 15.9 Å². The first-order chi connectivity index (χ1) is 14.7. The van der Waals surface area contributed by atoms with Crippen LogP contribution in [0.4, 0.5) is 0 Å². The Bertz CT molecular complexity index is 1380. The molecular formula is C27H17BrN2. The Labute approximate surface area is 183 Å². The summed E-state index contributed by atoms with van der Waals surface area (Å²) in [6, 6.07) is 35.4. The van der Waals surface area contributed by atoms with Crippen molar-refractivity contribution in [2.24, 2.45) is 0 Å². The molecule has 3 heteroatoms. The summed E-state index contributed by atoms with van der Waals surface area (Å²) in [5.41, 5.74) is 6.04. The van der Waals surface area contributed by atoms with E-state index in [-0.39, 0.29) is 0 Å². The quantitative estimate of drug-likeness (QED) is 0.206. The van der Waals surface area contributed by atoms with Crippen LogP contribution in [-0.4, -0.2) is 4.57 Å². The first kappa shape index (κ1) is 18.4. The monoisotopic (exact) mass is 448 g/mol. The van der Waals surface area contributed by atoms with Crippen molar-refractivity contribution in [1.82, 2.24) is 4.57 Å². The second-order valence-corrected chi connectivity index (χ2v) is 8.05. The summed E-state index contributed by atoms with van der Waals surface area (Å²) in [6.07, 6.45) is 1.93. The number of halogens is 1. The summed E-state index contributed by atoms with van der Waals surface area (Å²) in [5.74, 6) is 0. The number of allylic oxidation sites excluding steroid dienone is 1. The largest absolute Gasteiger partial charge is 0.309 e. The molecule has 0 unspecified atom stereocenters. The van der Waals surface area contributed by atoms with Crippen molar-refractivity contribution < 1.29 is 0 Å². The Morgan fingerprint density at radius 3 is 1.87 bits per heavy atom. The van der Waals surface area contributed by atoms with Gasteiger partial charge in [0, 0.05) is 20.9 Å². The third kappa shape index (κ3) is 3.22. The average Bonchev–Trinajstić information content (AvgIpc) is 3.13. The summed E-state index contributed by atoms with van der Waals surface area (Å²) >= 11 is 3.44. The SMILES string of the molecule is N#C/C(=C\c1ccc(-n2c3ccccc3c3ccccc32)cc1)c1ccc(Br)cc1. The molecule has 2 nitrogen and oxygen atoms in total. The number of hydrogen-bond acceptors (Lipinski definition) is 1. The van der Waals surface area contributed by atoms with Crippen molar-refractivity contribution >= 4 is 49.4 Å². The van der Waals surface area contributed by atoms with E-state index in [1.165, 1.54) is 21.8 Å². The van der Waals surface area contributed by atoms with Crippen LogP contribution in [0.15, 0.2) is 102 Å². The van der Waals surface area contributed by atoms with Crippen LogP contribution in [-0.2, 0) is 0 Å². The molecule has 0 fully saturated rings. The summed E-state index contributed by atoms with van der Waals surface area (Å²) in [6.45, 7) is 0. The fraction of sp³-hybridized carbons (Fsp3) is 0. The van der Waals surface area contributed by atoms with Gasteiger partial charge in [0.2, 0.25) is 0 Å². The van der Waals surface area contributed by atoms with Crippen molar-refractivity contribution in [2.75, 3.05) is 0 Å². The molecular weight excluding hydrogens is 432 g/mol. The van der Waals surface area contributed by atoms with E-state index < -0.39 is 0 Å². The van der Waals surface area contributed by atoms with Gasteiger partial charge in [0.1, 0.15) is 0 Å². The highest BCUT2D eigenvalue weighted by molar-refractivity contribution is 9.10. The van der Waals surface area contributed by atoms with E-state index in [1.54, 1.807) is 0 Å². The molecule has 142 valence electrons. The highest BCUT2D eigenvalue weighted by Gasteiger charge is 2.11. The minimum absolute atomic E-state index is 0.645. The highest BCUT2D eigenvalue weighted by atomic mass is 79.9. The average molecular weight is 449 g/mol. The summed E-state index contributed by atoms with van der Waals surface area (Å²) < 4.78 is 3.29. The molecule has 4 aromatic carbocycles. The maximum absolute atomic E-state index is 9.62. The van der Waals surface area contributed by atoms with E-state index in [4.69, 9.17) is 0 Å². The van der Waals surface area contributed by atoms with Crippen LogP contribution in [0.1, 0.15) is 11.1 Å². The van der Waals surface area contributed by atoms with E-state index in [9.17, 15) is 5.26 Å². The number of nitriles is 1. The van der Waals surface area contributed by atoms with E-state index in [2.05, 4.69) is 99.4 Å². The molecule has 0 saturated heterocycles. The Balaban J connectivity index is 1.59. The van der Waals surface area contributed by atoms with E-state index in [0.29, 0.717) is 5.57 Å².